The average Bonchev–Trinajstić information content (AvgIpc) is 2.64. The van der Waals surface area contributed by atoms with Gasteiger partial charge >= 0.3 is 0 Å². The SMILES string of the molecule is CC(CN)=NOCCc1ccsc1. The Morgan fingerprint density at radius 3 is 3.15 bits per heavy atom. The third-order valence-electron chi connectivity index (χ3n) is 1.58. The zero-order valence-electron chi connectivity index (χ0n) is 7.69. The minimum absolute atomic E-state index is 0.457. The van der Waals surface area contributed by atoms with E-state index in [0.717, 1.165) is 12.1 Å². The summed E-state index contributed by atoms with van der Waals surface area (Å²) >= 11 is 1.70. The van der Waals surface area contributed by atoms with Crippen LogP contribution in [0, 0.1) is 0 Å². The van der Waals surface area contributed by atoms with Crippen LogP contribution in [-0.2, 0) is 11.3 Å². The van der Waals surface area contributed by atoms with Gasteiger partial charge in [-0.05, 0) is 29.3 Å². The summed E-state index contributed by atoms with van der Waals surface area (Å²) in [6.45, 7) is 2.93. The highest BCUT2D eigenvalue weighted by Gasteiger charge is 1.92. The lowest BCUT2D eigenvalue weighted by Crippen LogP contribution is -2.10. The van der Waals surface area contributed by atoms with Crippen LogP contribution in [0.25, 0.3) is 0 Å². The van der Waals surface area contributed by atoms with Crippen LogP contribution in [0.5, 0.6) is 0 Å². The van der Waals surface area contributed by atoms with Crippen LogP contribution < -0.4 is 5.73 Å². The molecule has 1 heterocycles. The van der Waals surface area contributed by atoms with Gasteiger partial charge in [0, 0.05) is 13.0 Å². The van der Waals surface area contributed by atoms with E-state index in [1.165, 1.54) is 5.56 Å². The fourth-order valence-electron chi connectivity index (χ4n) is 0.792. The highest BCUT2D eigenvalue weighted by atomic mass is 32.1. The standard InChI is InChI=1S/C9H14N2OS/c1-8(6-10)11-12-4-2-9-3-5-13-7-9/h3,5,7H,2,4,6,10H2,1H3. The highest BCUT2D eigenvalue weighted by molar-refractivity contribution is 7.07. The van der Waals surface area contributed by atoms with E-state index in [1.54, 1.807) is 11.3 Å². The van der Waals surface area contributed by atoms with E-state index < -0.39 is 0 Å². The first-order chi connectivity index (χ1) is 6.33. The van der Waals surface area contributed by atoms with E-state index in [9.17, 15) is 0 Å². The second-order valence-corrected chi connectivity index (χ2v) is 3.53. The normalized spacial score (nSPS) is 11.7. The highest BCUT2D eigenvalue weighted by Crippen LogP contribution is 2.06. The molecule has 1 rings (SSSR count). The van der Waals surface area contributed by atoms with Gasteiger partial charge < -0.3 is 10.6 Å². The molecule has 0 aliphatic rings. The van der Waals surface area contributed by atoms with Gasteiger partial charge in [-0.2, -0.15) is 11.3 Å². The maximum absolute atomic E-state index is 5.34. The second kappa shape index (κ2) is 5.72. The Labute approximate surface area is 82.2 Å². The number of nitrogens with zero attached hydrogens (tertiary/aromatic N) is 1. The van der Waals surface area contributed by atoms with Crippen LogP contribution in [0.4, 0.5) is 0 Å². The van der Waals surface area contributed by atoms with Crippen LogP contribution in [-0.4, -0.2) is 18.9 Å². The predicted molar refractivity (Wildman–Crippen MR) is 56.1 cm³/mol. The third kappa shape index (κ3) is 4.05. The molecule has 0 unspecified atom stereocenters. The molecule has 0 radical (unpaired) electrons. The molecule has 0 atom stereocenters. The summed E-state index contributed by atoms with van der Waals surface area (Å²) in [6.07, 6.45) is 0.908. The summed E-state index contributed by atoms with van der Waals surface area (Å²) in [7, 11) is 0. The molecule has 4 heteroatoms. The largest absolute Gasteiger partial charge is 0.395 e. The Morgan fingerprint density at radius 2 is 2.54 bits per heavy atom. The molecule has 0 aliphatic heterocycles. The number of thiophene rings is 1. The summed E-state index contributed by atoms with van der Waals surface area (Å²) in [5.41, 5.74) is 7.46. The first-order valence-electron chi connectivity index (χ1n) is 4.19. The van der Waals surface area contributed by atoms with E-state index in [1.807, 2.05) is 6.92 Å². The van der Waals surface area contributed by atoms with Crippen molar-refractivity contribution in [2.24, 2.45) is 10.9 Å². The van der Waals surface area contributed by atoms with E-state index in [-0.39, 0.29) is 0 Å². The van der Waals surface area contributed by atoms with E-state index in [4.69, 9.17) is 10.6 Å². The zero-order valence-corrected chi connectivity index (χ0v) is 8.51. The Bertz CT molecular complexity index is 257. The second-order valence-electron chi connectivity index (χ2n) is 2.75. The van der Waals surface area contributed by atoms with E-state index in [2.05, 4.69) is 22.0 Å². The van der Waals surface area contributed by atoms with Crippen molar-refractivity contribution >= 4 is 17.0 Å². The van der Waals surface area contributed by atoms with Crippen molar-refractivity contribution in [3.05, 3.63) is 22.4 Å². The lowest BCUT2D eigenvalue weighted by Gasteiger charge is -1.98. The van der Waals surface area contributed by atoms with Crippen LogP contribution in [0.3, 0.4) is 0 Å². The molecule has 13 heavy (non-hydrogen) atoms. The number of hydrogen-bond acceptors (Lipinski definition) is 4. The van der Waals surface area contributed by atoms with Crippen LogP contribution in [0.1, 0.15) is 12.5 Å². The van der Waals surface area contributed by atoms with Gasteiger partial charge in [0.15, 0.2) is 0 Å². The number of oxime groups is 1. The third-order valence-corrected chi connectivity index (χ3v) is 2.31. The van der Waals surface area contributed by atoms with Crippen molar-refractivity contribution in [1.29, 1.82) is 0 Å². The summed E-state index contributed by atoms with van der Waals surface area (Å²) in [5, 5.41) is 8.01. The van der Waals surface area contributed by atoms with Gasteiger partial charge in [-0.3, -0.25) is 0 Å². The van der Waals surface area contributed by atoms with E-state index in [0.29, 0.717) is 13.2 Å². The molecule has 1 aromatic rings. The van der Waals surface area contributed by atoms with Crippen molar-refractivity contribution in [2.45, 2.75) is 13.3 Å². The molecule has 0 aromatic carbocycles. The Balaban J connectivity index is 2.15. The Hall–Kier alpha value is -0.870. The molecule has 0 bridgehead atoms. The lowest BCUT2D eigenvalue weighted by atomic mass is 10.3. The van der Waals surface area contributed by atoms with Gasteiger partial charge in [0.2, 0.25) is 0 Å². The molecule has 0 saturated carbocycles. The predicted octanol–water partition coefficient (Wildman–Crippen LogP) is 1.64. The van der Waals surface area contributed by atoms with E-state index >= 15 is 0 Å². The molecule has 0 fully saturated rings. The summed E-state index contributed by atoms with van der Waals surface area (Å²) in [6, 6.07) is 2.09. The molecule has 3 nitrogen and oxygen atoms in total. The van der Waals surface area contributed by atoms with Crippen LogP contribution >= 0.6 is 11.3 Å². The number of nitrogens with two attached hydrogens (primary N) is 1. The summed E-state index contributed by atoms with van der Waals surface area (Å²) in [4.78, 5) is 5.07. The van der Waals surface area contributed by atoms with Gasteiger partial charge in [0.25, 0.3) is 0 Å². The molecule has 0 amide bonds. The summed E-state index contributed by atoms with van der Waals surface area (Å²) in [5.74, 6) is 0. The van der Waals surface area contributed by atoms with Crippen LogP contribution in [0.15, 0.2) is 22.0 Å². The van der Waals surface area contributed by atoms with Gasteiger partial charge in [-0.15, -0.1) is 0 Å². The maximum atomic E-state index is 5.34. The minimum Gasteiger partial charge on any atom is -0.395 e. The maximum Gasteiger partial charge on any atom is 0.121 e. The monoisotopic (exact) mass is 198 g/mol. The number of rotatable bonds is 5. The van der Waals surface area contributed by atoms with Crippen molar-refractivity contribution in [2.75, 3.05) is 13.2 Å². The summed E-state index contributed by atoms with van der Waals surface area (Å²) < 4.78 is 0. The fourth-order valence-corrected chi connectivity index (χ4v) is 1.49. The molecule has 2 N–H and O–H groups in total. The quantitative estimate of drug-likeness (QED) is 0.444. The van der Waals surface area contributed by atoms with Gasteiger partial charge in [0.05, 0.1) is 5.71 Å². The van der Waals surface area contributed by atoms with Crippen molar-refractivity contribution < 1.29 is 4.84 Å². The van der Waals surface area contributed by atoms with Gasteiger partial charge in [-0.25, -0.2) is 0 Å². The van der Waals surface area contributed by atoms with Gasteiger partial charge in [0.1, 0.15) is 6.61 Å². The Kier molecular flexibility index (Phi) is 4.49. The van der Waals surface area contributed by atoms with Gasteiger partial charge in [-0.1, -0.05) is 5.16 Å². The smallest absolute Gasteiger partial charge is 0.121 e. The lowest BCUT2D eigenvalue weighted by molar-refractivity contribution is 0.147. The minimum atomic E-state index is 0.457. The zero-order chi connectivity index (χ0) is 9.52. The fraction of sp³-hybridized carbons (Fsp3) is 0.444. The van der Waals surface area contributed by atoms with Crippen molar-refractivity contribution in [3.63, 3.8) is 0 Å². The first kappa shape index (κ1) is 10.2. The Morgan fingerprint density at radius 1 is 1.69 bits per heavy atom. The van der Waals surface area contributed by atoms with Crippen LogP contribution in [0.2, 0.25) is 0 Å². The molecule has 0 aliphatic carbocycles. The molecule has 0 saturated heterocycles. The molecule has 0 spiro atoms. The molecule has 1 aromatic heterocycles. The topological polar surface area (TPSA) is 47.6 Å². The number of hydrogen-bond donors (Lipinski definition) is 1. The van der Waals surface area contributed by atoms with Crippen molar-refractivity contribution in [1.82, 2.24) is 0 Å². The molecular weight excluding hydrogens is 184 g/mol. The molecular formula is C9H14N2OS. The van der Waals surface area contributed by atoms with Crippen molar-refractivity contribution in [3.8, 4) is 0 Å². The first-order valence-corrected chi connectivity index (χ1v) is 5.14. The molecule has 72 valence electrons. The average molecular weight is 198 g/mol.